The first-order valence-electron chi connectivity index (χ1n) is 4.92. The van der Waals surface area contributed by atoms with E-state index in [0.717, 1.165) is 6.92 Å². The van der Waals surface area contributed by atoms with Crippen LogP contribution in [0.2, 0.25) is 0 Å². The van der Waals surface area contributed by atoms with Gasteiger partial charge < -0.3 is 10.4 Å². The first-order chi connectivity index (χ1) is 7.20. The number of carbonyl (C=O) groups excluding carboxylic acids is 1. The topological polar surface area (TPSA) is 101 Å². The van der Waals surface area contributed by atoms with Crippen LogP contribution in [0.15, 0.2) is 0 Å². The second-order valence-electron chi connectivity index (χ2n) is 3.64. The lowest BCUT2D eigenvalue weighted by Gasteiger charge is -2.16. The first kappa shape index (κ1) is 14.9. The first-order valence-corrected chi connectivity index (χ1v) is 6.63. The molecule has 0 saturated heterocycles. The van der Waals surface area contributed by atoms with Gasteiger partial charge in [-0.15, -0.1) is 0 Å². The molecule has 0 heterocycles. The third-order valence-electron chi connectivity index (χ3n) is 2.26. The number of carbonyl (C=O) groups is 2. The maximum absolute atomic E-state index is 11.6. The van der Waals surface area contributed by atoms with Crippen LogP contribution in [0.3, 0.4) is 0 Å². The Morgan fingerprint density at radius 1 is 1.38 bits per heavy atom. The minimum absolute atomic E-state index is 0.411. The van der Waals surface area contributed by atoms with E-state index >= 15 is 0 Å². The fourth-order valence-electron chi connectivity index (χ4n) is 1.07. The van der Waals surface area contributed by atoms with Crippen molar-refractivity contribution in [1.82, 2.24) is 5.32 Å². The molecule has 0 aliphatic rings. The fraction of sp³-hybridized carbons (Fsp3) is 0.778. The van der Waals surface area contributed by atoms with Crippen LogP contribution in [0.1, 0.15) is 27.2 Å². The molecule has 94 valence electrons. The lowest BCUT2D eigenvalue weighted by atomic mass is 10.3. The van der Waals surface area contributed by atoms with Crippen molar-refractivity contribution in [2.24, 2.45) is 0 Å². The van der Waals surface area contributed by atoms with E-state index in [0.29, 0.717) is 6.42 Å². The van der Waals surface area contributed by atoms with E-state index in [4.69, 9.17) is 5.11 Å². The molecular formula is C9H17NO5S. The van der Waals surface area contributed by atoms with Gasteiger partial charge >= 0.3 is 5.97 Å². The van der Waals surface area contributed by atoms with Crippen molar-refractivity contribution < 1.29 is 23.1 Å². The molecule has 6 nitrogen and oxygen atoms in total. The average molecular weight is 251 g/mol. The van der Waals surface area contributed by atoms with Crippen LogP contribution in [0.5, 0.6) is 0 Å². The predicted octanol–water partition coefficient (Wildman–Crippen LogP) is -0.211. The molecule has 0 spiro atoms. The molecule has 0 saturated carbocycles. The molecule has 0 aliphatic heterocycles. The molecule has 2 N–H and O–H groups in total. The van der Waals surface area contributed by atoms with Crippen LogP contribution in [-0.2, 0) is 19.4 Å². The van der Waals surface area contributed by atoms with E-state index in [1.807, 2.05) is 0 Å². The molecule has 16 heavy (non-hydrogen) atoms. The van der Waals surface area contributed by atoms with E-state index in [-0.39, 0.29) is 0 Å². The lowest BCUT2D eigenvalue weighted by Crippen LogP contribution is -2.45. The van der Waals surface area contributed by atoms with Crippen LogP contribution in [-0.4, -0.2) is 42.4 Å². The summed E-state index contributed by atoms with van der Waals surface area (Å²) in [7, 11) is -3.50. The van der Waals surface area contributed by atoms with E-state index < -0.39 is 38.8 Å². The molecule has 2 unspecified atom stereocenters. The smallest absolute Gasteiger partial charge is 0.327 e. The third-order valence-corrected chi connectivity index (χ3v) is 4.62. The summed E-state index contributed by atoms with van der Waals surface area (Å²) in [6, 6.07) is -1.38. The number of hydrogen-bond acceptors (Lipinski definition) is 4. The van der Waals surface area contributed by atoms with Gasteiger partial charge in [-0.3, -0.25) is 4.79 Å². The summed E-state index contributed by atoms with van der Waals surface area (Å²) < 4.78 is 23.3. The number of aliphatic carboxylic acids is 1. The molecule has 0 rings (SSSR count). The van der Waals surface area contributed by atoms with E-state index in [1.54, 1.807) is 6.92 Å². The highest BCUT2D eigenvalue weighted by atomic mass is 32.2. The Kier molecular flexibility index (Phi) is 5.43. The summed E-state index contributed by atoms with van der Waals surface area (Å²) in [5, 5.41) is 10.2. The van der Waals surface area contributed by atoms with Gasteiger partial charge in [0.15, 0.2) is 9.84 Å². The van der Waals surface area contributed by atoms with E-state index in [1.165, 1.54) is 6.92 Å². The standard InChI is InChI=1S/C9H17NO5S/c1-4-6(2)16(14,15)5-8(9(12)13)10-7(3)11/h6,8H,4-5H2,1-3H3,(H,10,11)(H,12,13). The van der Waals surface area contributed by atoms with Crippen molar-refractivity contribution in [2.75, 3.05) is 5.75 Å². The largest absolute Gasteiger partial charge is 0.480 e. The second kappa shape index (κ2) is 5.83. The quantitative estimate of drug-likeness (QED) is 0.680. The molecule has 0 bridgehead atoms. The predicted molar refractivity (Wildman–Crippen MR) is 58.8 cm³/mol. The summed E-state index contributed by atoms with van der Waals surface area (Å²) in [6.07, 6.45) is 0.411. The zero-order chi connectivity index (χ0) is 12.9. The zero-order valence-corrected chi connectivity index (χ0v) is 10.4. The molecule has 0 aliphatic carbocycles. The monoisotopic (exact) mass is 251 g/mol. The SMILES string of the molecule is CCC(C)S(=O)(=O)CC(NC(C)=O)C(=O)O. The summed E-state index contributed by atoms with van der Waals surface area (Å²) >= 11 is 0. The van der Waals surface area contributed by atoms with Gasteiger partial charge in [0.1, 0.15) is 6.04 Å². The summed E-state index contributed by atoms with van der Waals surface area (Å²) in [5.41, 5.74) is 0. The lowest BCUT2D eigenvalue weighted by molar-refractivity contribution is -0.140. The highest BCUT2D eigenvalue weighted by Gasteiger charge is 2.28. The van der Waals surface area contributed by atoms with E-state index in [2.05, 4.69) is 5.32 Å². The van der Waals surface area contributed by atoms with Gasteiger partial charge in [0, 0.05) is 6.92 Å². The van der Waals surface area contributed by atoms with Crippen LogP contribution in [0, 0.1) is 0 Å². The number of sulfone groups is 1. The number of rotatable bonds is 6. The van der Waals surface area contributed by atoms with Crippen LogP contribution in [0.25, 0.3) is 0 Å². The Morgan fingerprint density at radius 2 is 1.88 bits per heavy atom. The van der Waals surface area contributed by atoms with Crippen LogP contribution < -0.4 is 5.32 Å². The van der Waals surface area contributed by atoms with Crippen LogP contribution in [0.4, 0.5) is 0 Å². The zero-order valence-electron chi connectivity index (χ0n) is 9.56. The molecular weight excluding hydrogens is 234 g/mol. The maximum atomic E-state index is 11.6. The third kappa shape index (κ3) is 4.61. The normalized spacial score (nSPS) is 15.2. The fourth-order valence-corrected chi connectivity index (χ4v) is 2.60. The number of nitrogens with one attached hydrogen (secondary N) is 1. The van der Waals surface area contributed by atoms with Gasteiger partial charge in [-0.2, -0.15) is 0 Å². The highest BCUT2D eigenvalue weighted by Crippen LogP contribution is 2.07. The van der Waals surface area contributed by atoms with Crippen LogP contribution >= 0.6 is 0 Å². The molecule has 0 fully saturated rings. The van der Waals surface area contributed by atoms with Crippen molar-refractivity contribution >= 4 is 21.7 Å². The van der Waals surface area contributed by atoms with Gasteiger partial charge in [0.05, 0.1) is 11.0 Å². The molecule has 0 aromatic rings. The Bertz CT molecular complexity index is 362. The Balaban J connectivity index is 4.76. The Hall–Kier alpha value is -1.11. The van der Waals surface area contributed by atoms with Gasteiger partial charge in [-0.1, -0.05) is 6.92 Å². The van der Waals surface area contributed by atoms with Gasteiger partial charge in [-0.05, 0) is 13.3 Å². The molecule has 7 heteroatoms. The minimum Gasteiger partial charge on any atom is -0.480 e. The van der Waals surface area contributed by atoms with E-state index in [9.17, 15) is 18.0 Å². The second-order valence-corrected chi connectivity index (χ2v) is 6.10. The number of carboxylic acid groups (broad SMARTS) is 1. The molecule has 2 atom stereocenters. The molecule has 0 aromatic carbocycles. The summed E-state index contributed by atoms with van der Waals surface area (Å²) in [6.45, 7) is 4.37. The Morgan fingerprint density at radius 3 is 2.19 bits per heavy atom. The van der Waals surface area contributed by atoms with Crippen molar-refractivity contribution in [3.63, 3.8) is 0 Å². The van der Waals surface area contributed by atoms with Crippen molar-refractivity contribution in [2.45, 2.75) is 38.5 Å². The minimum atomic E-state index is -3.50. The Labute approximate surface area is 95.0 Å². The van der Waals surface area contributed by atoms with Crippen molar-refractivity contribution in [1.29, 1.82) is 0 Å². The maximum Gasteiger partial charge on any atom is 0.327 e. The van der Waals surface area contributed by atoms with Gasteiger partial charge in [0.25, 0.3) is 0 Å². The number of carboxylic acids is 1. The number of amides is 1. The van der Waals surface area contributed by atoms with Gasteiger partial charge in [-0.25, -0.2) is 13.2 Å². The van der Waals surface area contributed by atoms with Crippen molar-refractivity contribution in [3.8, 4) is 0 Å². The average Bonchev–Trinajstić information content (AvgIpc) is 2.14. The van der Waals surface area contributed by atoms with Gasteiger partial charge in [0.2, 0.25) is 5.91 Å². The summed E-state index contributed by atoms with van der Waals surface area (Å²) in [5.74, 6) is -2.48. The number of hydrogen-bond donors (Lipinski definition) is 2. The summed E-state index contributed by atoms with van der Waals surface area (Å²) in [4.78, 5) is 21.5. The molecule has 0 radical (unpaired) electrons. The van der Waals surface area contributed by atoms with Crippen molar-refractivity contribution in [3.05, 3.63) is 0 Å². The highest BCUT2D eigenvalue weighted by molar-refractivity contribution is 7.92. The molecule has 0 aromatic heterocycles. The molecule has 1 amide bonds.